The quantitative estimate of drug-likeness (QED) is 0.810. The smallest absolute Gasteiger partial charge is 0.139 e. The molecule has 0 atom stereocenters. The maximum atomic E-state index is 11.7. The molecule has 3 heteroatoms. The zero-order valence-electron chi connectivity index (χ0n) is 9.85. The van der Waals surface area contributed by atoms with Crippen LogP contribution in [-0.2, 0) is 11.2 Å². The summed E-state index contributed by atoms with van der Waals surface area (Å²) >= 11 is 1.70. The molecule has 0 radical (unpaired) electrons. The maximum absolute atomic E-state index is 11.7. The van der Waals surface area contributed by atoms with E-state index in [1.165, 1.54) is 0 Å². The van der Waals surface area contributed by atoms with E-state index in [1.807, 2.05) is 42.7 Å². The van der Waals surface area contributed by atoms with Gasteiger partial charge in [0.1, 0.15) is 5.78 Å². The number of hydrogen-bond acceptors (Lipinski definition) is 3. The molecule has 0 N–H and O–H groups in total. The Morgan fingerprint density at radius 2 is 2.06 bits per heavy atom. The topological polar surface area (TPSA) is 30.0 Å². The highest BCUT2D eigenvalue weighted by molar-refractivity contribution is 7.98. The third-order valence-corrected chi connectivity index (χ3v) is 3.23. The van der Waals surface area contributed by atoms with Gasteiger partial charge in [-0.3, -0.25) is 9.78 Å². The molecule has 0 spiro atoms. The van der Waals surface area contributed by atoms with Crippen LogP contribution in [0.4, 0.5) is 0 Å². The van der Waals surface area contributed by atoms with Gasteiger partial charge in [0.05, 0.1) is 5.52 Å². The van der Waals surface area contributed by atoms with Crippen LogP contribution in [0.2, 0.25) is 0 Å². The maximum Gasteiger partial charge on any atom is 0.139 e. The van der Waals surface area contributed by atoms with Gasteiger partial charge in [0.25, 0.3) is 0 Å². The first-order valence-electron chi connectivity index (χ1n) is 5.65. The third kappa shape index (κ3) is 3.30. The number of hydrogen-bond donors (Lipinski definition) is 0. The number of Topliss-reactive ketones (excluding diaryl/α,β-unsaturated/α-hetero) is 1. The Morgan fingerprint density at radius 1 is 1.24 bits per heavy atom. The van der Waals surface area contributed by atoms with Gasteiger partial charge in [-0.2, -0.15) is 11.8 Å². The minimum atomic E-state index is 0.266. The van der Waals surface area contributed by atoms with E-state index in [0.717, 1.165) is 22.3 Å². The molecule has 0 saturated heterocycles. The van der Waals surface area contributed by atoms with Crippen molar-refractivity contribution in [3.8, 4) is 0 Å². The predicted octanol–water partition coefficient (Wildman–Crippen LogP) is 3.10. The summed E-state index contributed by atoms with van der Waals surface area (Å²) in [5.41, 5.74) is 1.83. The highest BCUT2D eigenvalue weighted by atomic mass is 32.2. The highest BCUT2D eigenvalue weighted by Crippen LogP contribution is 2.12. The van der Waals surface area contributed by atoms with Crippen LogP contribution >= 0.6 is 11.8 Å². The molecule has 0 saturated carbocycles. The lowest BCUT2D eigenvalue weighted by molar-refractivity contribution is -0.118. The Labute approximate surface area is 105 Å². The highest BCUT2D eigenvalue weighted by Gasteiger charge is 2.05. The van der Waals surface area contributed by atoms with E-state index in [2.05, 4.69) is 4.98 Å². The predicted molar refractivity (Wildman–Crippen MR) is 73.5 cm³/mol. The van der Waals surface area contributed by atoms with E-state index < -0.39 is 0 Å². The van der Waals surface area contributed by atoms with Crippen LogP contribution in [-0.4, -0.2) is 22.8 Å². The van der Waals surface area contributed by atoms with Gasteiger partial charge >= 0.3 is 0 Å². The molecule has 0 aliphatic rings. The zero-order valence-corrected chi connectivity index (χ0v) is 10.7. The van der Waals surface area contributed by atoms with Crippen LogP contribution in [0.25, 0.3) is 10.9 Å². The van der Waals surface area contributed by atoms with Crippen LogP contribution in [0.15, 0.2) is 36.4 Å². The zero-order chi connectivity index (χ0) is 12.1. The average molecular weight is 245 g/mol. The number of aromatic nitrogens is 1. The van der Waals surface area contributed by atoms with E-state index in [0.29, 0.717) is 12.8 Å². The van der Waals surface area contributed by atoms with Crippen molar-refractivity contribution < 1.29 is 4.79 Å². The van der Waals surface area contributed by atoms with Crippen molar-refractivity contribution in [1.82, 2.24) is 4.98 Å². The number of carbonyl (C=O) groups is 1. The Morgan fingerprint density at radius 3 is 2.88 bits per heavy atom. The first kappa shape index (κ1) is 12.1. The van der Waals surface area contributed by atoms with Crippen molar-refractivity contribution in [3.05, 3.63) is 42.1 Å². The van der Waals surface area contributed by atoms with Crippen LogP contribution < -0.4 is 0 Å². The van der Waals surface area contributed by atoms with Gasteiger partial charge in [0.2, 0.25) is 0 Å². The average Bonchev–Trinajstić information content (AvgIpc) is 2.36. The van der Waals surface area contributed by atoms with E-state index in [9.17, 15) is 4.79 Å². The summed E-state index contributed by atoms with van der Waals surface area (Å²) in [7, 11) is 0. The second kappa shape index (κ2) is 5.82. The minimum absolute atomic E-state index is 0.266. The van der Waals surface area contributed by atoms with E-state index in [-0.39, 0.29) is 5.78 Å². The molecule has 88 valence electrons. The second-order valence-electron chi connectivity index (χ2n) is 3.95. The fourth-order valence-corrected chi connectivity index (χ4v) is 2.14. The van der Waals surface area contributed by atoms with Crippen LogP contribution in [0.5, 0.6) is 0 Å². The fourth-order valence-electron chi connectivity index (χ4n) is 1.71. The molecule has 17 heavy (non-hydrogen) atoms. The Kier molecular flexibility index (Phi) is 4.15. The molecule has 0 fully saturated rings. The lowest BCUT2D eigenvalue weighted by Crippen LogP contribution is -2.05. The molecule has 0 unspecified atom stereocenters. The summed E-state index contributed by atoms with van der Waals surface area (Å²) in [4.78, 5) is 16.1. The summed E-state index contributed by atoms with van der Waals surface area (Å²) in [6, 6.07) is 11.9. The number of para-hydroxylation sites is 1. The van der Waals surface area contributed by atoms with Gasteiger partial charge in [0, 0.05) is 23.9 Å². The van der Waals surface area contributed by atoms with Gasteiger partial charge < -0.3 is 0 Å². The van der Waals surface area contributed by atoms with E-state index in [1.54, 1.807) is 11.8 Å². The molecule has 2 rings (SSSR count). The Bertz CT molecular complexity index is 524. The summed E-state index contributed by atoms with van der Waals surface area (Å²) in [6.07, 6.45) is 3.10. The van der Waals surface area contributed by atoms with Crippen molar-refractivity contribution in [2.75, 3.05) is 12.0 Å². The normalized spacial score (nSPS) is 10.6. The number of nitrogens with zero attached hydrogens (tertiary/aromatic N) is 1. The van der Waals surface area contributed by atoms with Crippen molar-refractivity contribution in [3.63, 3.8) is 0 Å². The van der Waals surface area contributed by atoms with Crippen molar-refractivity contribution in [1.29, 1.82) is 0 Å². The van der Waals surface area contributed by atoms with Gasteiger partial charge in [-0.1, -0.05) is 24.3 Å². The standard InChI is InChI=1S/C14H15NOS/c1-17-9-8-13(16)10-12-7-6-11-4-2-3-5-14(11)15-12/h2-7H,8-10H2,1H3. The number of pyridine rings is 1. The first-order chi connectivity index (χ1) is 8.29. The van der Waals surface area contributed by atoms with E-state index in [4.69, 9.17) is 0 Å². The van der Waals surface area contributed by atoms with Crippen molar-refractivity contribution in [2.24, 2.45) is 0 Å². The molecular weight excluding hydrogens is 230 g/mol. The van der Waals surface area contributed by atoms with Gasteiger partial charge in [-0.15, -0.1) is 0 Å². The monoisotopic (exact) mass is 245 g/mol. The number of rotatable bonds is 5. The minimum Gasteiger partial charge on any atom is -0.299 e. The molecule has 1 aromatic heterocycles. The summed E-state index contributed by atoms with van der Waals surface area (Å²) in [5, 5.41) is 1.12. The molecule has 2 aromatic rings. The van der Waals surface area contributed by atoms with Gasteiger partial charge in [-0.05, 0) is 24.1 Å². The number of thioether (sulfide) groups is 1. The lowest BCUT2D eigenvalue weighted by Gasteiger charge is -2.02. The fraction of sp³-hybridized carbons (Fsp3) is 0.286. The SMILES string of the molecule is CSCCC(=O)Cc1ccc2ccccc2n1. The van der Waals surface area contributed by atoms with Crippen molar-refractivity contribution >= 4 is 28.4 Å². The first-order valence-corrected chi connectivity index (χ1v) is 7.04. The van der Waals surface area contributed by atoms with Gasteiger partial charge in [-0.25, -0.2) is 0 Å². The molecular formula is C14H15NOS. The van der Waals surface area contributed by atoms with Crippen molar-refractivity contribution in [2.45, 2.75) is 12.8 Å². The number of ketones is 1. The molecule has 0 aliphatic carbocycles. The van der Waals surface area contributed by atoms with E-state index >= 15 is 0 Å². The largest absolute Gasteiger partial charge is 0.299 e. The Balaban J connectivity index is 2.11. The number of benzene rings is 1. The molecule has 2 nitrogen and oxygen atoms in total. The van der Waals surface area contributed by atoms with Crippen LogP contribution in [0, 0.1) is 0 Å². The molecule has 0 aliphatic heterocycles. The van der Waals surface area contributed by atoms with Crippen LogP contribution in [0.3, 0.4) is 0 Å². The second-order valence-corrected chi connectivity index (χ2v) is 4.94. The summed E-state index contributed by atoms with van der Waals surface area (Å²) in [5.74, 6) is 1.16. The molecule has 0 bridgehead atoms. The third-order valence-electron chi connectivity index (χ3n) is 2.62. The number of fused-ring (bicyclic) bond motifs is 1. The molecule has 1 heterocycles. The van der Waals surface area contributed by atoms with Gasteiger partial charge in [0.15, 0.2) is 0 Å². The number of carbonyl (C=O) groups excluding carboxylic acids is 1. The summed E-state index contributed by atoms with van der Waals surface area (Å²) < 4.78 is 0. The lowest BCUT2D eigenvalue weighted by atomic mass is 10.1. The molecule has 0 amide bonds. The van der Waals surface area contributed by atoms with Crippen LogP contribution in [0.1, 0.15) is 12.1 Å². The Hall–Kier alpha value is -1.35. The molecule has 1 aromatic carbocycles. The summed E-state index contributed by atoms with van der Waals surface area (Å²) in [6.45, 7) is 0.